The predicted molar refractivity (Wildman–Crippen MR) is 134 cm³/mol. The predicted octanol–water partition coefficient (Wildman–Crippen LogP) is 6.15. The molecule has 0 aliphatic heterocycles. The molecule has 3 aromatic rings. The van der Waals surface area contributed by atoms with Gasteiger partial charge < -0.3 is 4.74 Å². The van der Waals surface area contributed by atoms with Gasteiger partial charge in [-0.3, -0.25) is 25.7 Å². The first-order valence-corrected chi connectivity index (χ1v) is 11.3. The van der Waals surface area contributed by atoms with Gasteiger partial charge in [0.05, 0.1) is 23.0 Å². The van der Waals surface area contributed by atoms with Crippen LogP contribution in [0.25, 0.3) is 0 Å². The molecule has 0 saturated heterocycles. The second-order valence-electron chi connectivity index (χ2n) is 8.71. The molecular weight excluding hydrogens is 448 g/mol. The second kappa shape index (κ2) is 9.92. The molecule has 1 N–H and O–H groups in total. The molecule has 0 radical (unpaired) electrons. The minimum atomic E-state index is -0.658. The van der Waals surface area contributed by atoms with E-state index in [1.165, 1.54) is 23.3 Å². The molecule has 1 saturated carbocycles. The van der Waals surface area contributed by atoms with Crippen LogP contribution in [0.4, 0.5) is 17.1 Å². The number of nitro benzene ring substituents is 2. The van der Waals surface area contributed by atoms with Crippen LogP contribution in [0, 0.1) is 27.2 Å². The van der Waals surface area contributed by atoms with Gasteiger partial charge in [-0.25, -0.2) is 0 Å². The number of hydrazone groups is 1. The smallest absolute Gasteiger partial charge is 0.301 e. The van der Waals surface area contributed by atoms with Crippen LogP contribution in [-0.2, 0) is 5.41 Å². The Morgan fingerprint density at radius 1 is 0.943 bits per heavy atom. The summed E-state index contributed by atoms with van der Waals surface area (Å²) >= 11 is 0. The quantitative estimate of drug-likeness (QED) is 0.324. The first kappa shape index (κ1) is 23.9. The monoisotopic (exact) mass is 474 g/mol. The molecule has 0 aromatic heterocycles. The fourth-order valence-electron chi connectivity index (χ4n) is 4.68. The van der Waals surface area contributed by atoms with Crippen molar-refractivity contribution in [3.63, 3.8) is 0 Å². The molecule has 1 atom stereocenters. The number of aryl methyl sites for hydroxylation is 1. The van der Waals surface area contributed by atoms with Crippen molar-refractivity contribution in [3.05, 3.63) is 104 Å². The number of ether oxygens (including phenoxy) is 1. The number of hydrogen-bond donors (Lipinski definition) is 1. The number of nitro groups is 2. The maximum atomic E-state index is 11.5. The zero-order valence-electron chi connectivity index (χ0n) is 19.6. The SMILES string of the molecule is COc1ccc([C@@]2(c3ccc(C)cc3)CCC/C(=N\Nc3ccc([N+](=O)[O-])cc3[N+](=O)[O-])C2)cc1. The molecule has 1 fully saturated rings. The molecule has 3 aromatic carbocycles. The van der Waals surface area contributed by atoms with Crippen LogP contribution in [0.5, 0.6) is 5.75 Å². The number of rotatable bonds is 7. The Bertz CT molecular complexity index is 1270. The zero-order valence-corrected chi connectivity index (χ0v) is 19.6. The lowest BCUT2D eigenvalue weighted by molar-refractivity contribution is -0.393. The van der Waals surface area contributed by atoms with Crippen LogP contribution in [0.15, 0.2) is 71.8 Å². The maximum absolute atomic E-state index is 11.5. The second-order valence-corrected chi connectivity index (χ2v) is 8.71. The highest BCUT2D eigenvalue weighted by atomic mass is 16.6. The van der Waals surface area contributed by atoms with Gasteiger partial charge >= 0.3 is 5.69 Å². The van der Waals surface area contributed by atoms with Crippen molar-refractivity contribution in [2.75, 3.05) is 12.5 Å². The summed E-state index contributed by atoms with van der Waals surface area (Å²) in [4.78, 5) is 21.2. The minimum Gasteiger partial charge on any atom is -0.497 e. The summed E-state index contributed by atoms with van der Waals surface area (Å²) in [5.74, 6) is 0.782. The highest BCUT2D eigenvalue weighted by Crippen LogP contribution is 2.44. The van der Waals surface area contributed by atoms with Crippen molar-refractivity contribution in [1.29, 1.82) is 0 Å². The first-order valence-electron chi connectivity index (χ1n) is 11.3. The topological polar surface area (TPSA) is 120 Å². The van der Waals surface area contributed by atoms with Crippen molar-refractivity contribution < 1.29 is 14.6 Å². The fraction of sp³-hybridized carbons (Fsp3) is 0.269. The lowest BCUT2D eigenvalue weighted by Gasteiger charge is -2.39. The van der Waals surface area contributed by atoms with Gasteiger partial charge in [0.25, 0.3) is 5.69 Å². The Morgan fingerprint density at radius 2 is 1.60 bits per heavy atom. The van der Waals surface area contributed by atoms with Gasteiger partial charge in [0, 0.05) is 23.6 Å². The maximum Gasteiger partial charge on any atom is 0.301 e. The summed E-state index contributed by atoms with van der Waals surface area (Å²) in [6.45, 7) is 2.05. The summed E-state index contributed by atoms with van der Waals surface area (Å²) in [6.07, 6.45) is 3.20. The van der Waals surface area contributed by atoms with Crippen molar-refractivity contribution in [3.8, 4) is 5.75 Å². The van der Waals surface area contributed by atoms with Crippen molar-refractivity contribution in [2.45, 2.75) is 38.0 Å². The molecular formula is C26H26N4O5. The van der Waals surface area contributed by atoms with E-state index in [4.69, 9.17) is 4.74 Å². The molecule has 180 valence electrons. The molecule has 9 nitrogen and oxygen atoms in total. The van der Waals surface area contributed by atoms with E-state index in [0.29, 0.717) is 6.42 Å². The van der Waals surface area contributed by atoms with Gasteiger partial charge in [0.2, 0.25) is 0 Å². The normalized spacial score (nSPS) is 18.7. The molecule has 0 bridgehead atoms. The number of nitrogens with one attached hydrogen (secondary N) is 1. The number of hydrogen-bond acceptors (Lipinski definition) is 7. The van der Waals surface area contributed by atoms with E-state index >= 15 is 0 Å². The Kier molecular flexibility index (Phi) is 6.77. The molecule has 0 unspecified atom stereocenters. The summed E-state index contributed by atoms with van der Waals surface area (Å²) in [7, 11) is 1.64. The van der Waals surface area contributed by atoms with E-state index in [1.54, 1.807) is 7.11 Å². The van der Waals surface area contributed by atoms with Gasteiger partial charge in [-0.15, -0.1) is 0 Å². The van der Waals surface area contributed by atoms with Crippen LogP contribution in [0.1, 0.15) is 42.4 Å². The molecule has 35 heavy (non-hydrogen) atoms. The Hall–Kier alpha value is -4.27. The lowest BCUT2D eigenvalue weighted by atomic mass is 9.64. The molecule has 4 rings (SSSR count). The standard InChI is InChI=1S/C26H26N4O5/c1-18-5-7-19(8-6-18)26(20-9-12-23(35-2)13-10-20)15-3-4-21(17-26)27-28-24-14-11-22(29(31)32)16-25(24)30(33)34/h5-14,16,28H,3-4,15,17H2,1-2H3/b27-21+/t26-/m0/s1. The van der Waals surface area contributed by atoms with E-state index in [9.17, 15) is 20.2 Å². The fourth-order valence-corrected chi connectivity index (χ4v) is 4.68. The van der Waals surface area contributed by atoms with Crippen LogP contribution in [-0.4, -0.2) is 22.7 Å². The summed E-state index contributed by atoms with van der Waals surface area (Å²) in [6, 6.07) is 20.1. The molecule has 1 aliphatic rings. The third kappa shape index (κ3) is 4.98. The average Bonchev–Trinajstić information content (AvgIpc) is 2.87. The number of methoxy groups -OCH3 is 1. The van der Waals surface area contributed by atoms with Crippen LogP contribution in [0.3, 0.4) is 0 Å². The summed E-state index contributed by atoms with van der Waals surface area (Å²) in [5, 5.41) is 27.0. The van der Waals surface area contributed by atoms with Gasteiger partial charge in [-0.1, -0.05) is 42.0 Å². The Balaban J connectivity index is 1.69. The van der Waals surface area contributed by atoms with Gasteiger partial charge in [-0.2, -0.15) is 5.10 Å². The third-order valence-corrected chi connectivity index (χ3v) is 6.54. The minimum absolute atomic E-state index is 0.115. The third-order valence-electron chi connectivity index (χ3n) is 6.54. The van der Waals surface area contributed by atoms with E-state index in [0.717, 1.165) is 42.4 Å². The zero-order chi connectivity index (χ0) is 25.0. The van der Waals surface area contributed by atoms with E-state index in [-0.39, 0.29) is 22.5 Å². The van der Waals surface area contributed by atoms with Gasteiger partial charge in [-0.05, 0) is 55.5 Å². The molecule has 0 heterocycles. The Labute approximate surface area is 202 Å². The Morgan fingerprint density at radius 3 is 2.20 bits per heavy atom. The van der Waals surface area contributed by atoms with Crippen LogP contribution < -0.4 is 10.2 Å². The highest BCUT2D eigenvalue weighted by molar-refractivity contribution is 5.88. The largest absolute Gasteiger partial charge is 0.497 e. The van der Waals surface area contributed by atoms with Crippen LogP contribution >= 0.6 is 0 Å². The molecule has 9 heteroatoms. The van der Waals surface area contributed by atoms with Crippen molar-refractivity contribution in [2.24, 2.45) is 5.10 Å². The average molecular weight is 475 g/mol. The van der Waals surface area contributed by atoms with Gasteiger partial charge in [0.1, 0.15) is 11.4 Å². The van der Waals surface area contributed by atoms with E-state index in [2.05, 4.69) is 53.8 Å². The van der Waals surface area contributed by atoms with Gasteiger partial charge in [0.15, 0.2) is 0 Å². The molecule has 0 spiro atoms. The number of anilines is 1. The van der Waals surface area contributed by atoms with E-state index < -0.39 is 9.85 Å². The van der Waals surface area contributed by atoms with Crippen molar-refractivity contribution in [1.82, 2.24) is 0 Å². The van der Waals surface area contributed by atoms with Crippen LogP contribution in [0.2, 0.25) is 0 Å². The number of non-ortho nitro benzene ring substituents is 1. The number of benzene rings is 3. The summed E-state index contributed by atoms with van der Waals surface area (Å²) in [5.41, 5.74) is 6.26. The first-order chi connectivity index (χ1) is 16.8. The number of nitrogens with zero attached hydrogens (tertiary/aromatic N) is 3. The highest BCUT2D eigenvalue weighted by Gasteiger charge is 2.38. The molecule has 0 amide bonds. The lowest BCUT2D eigenvalue weighted by Crippen LogP contribution is -2.35. The van der Waals surface area contributed by atoms with Crippen molar-refractivity contribution >= 4 is 22.8 Å². The molecule has 1 aliphatic carbocycles. The van der Waals surface area contributed by atoms with E-state index in [1.807, 2.05) is 12.1 Å². The summed E-state index contributed by atoms with van der Waals surface area (Å²) < 4.78 is 5.34.